The van der Waals surface area contributed by atoms with Gasteiger partial charge in [0.05, 0.1) is 36.7 Å². The van der Waals surface area contributed by atoms with Crippen molar-refractivity contribution in [3.8, 4) is 6.07 Å². The van der Waals surface area contributed by atoms with E-state index in [1.807, 2.05) is 6.07 Å². The third-order valence-electron chi connectivity index (χ3n) is 2.47. The maximum atomic E-state index is 11.8. The summed E-state index contributed by atoms with van der Waals surface area (Å²) in [5, 5.41) is 26.7. The molecular weight excluding hydrogens is 258 g/mol. The van der Waals surface area contributed by atoms with Gasteiger partial charge in [-0.25, -0.2) is 4.79 Å². The number of aromatic nitrogens is 2. The maximum Gasteiger partial charge on any atom is 0.323 e. The Morgan fingerprint density at radius 3 is 2.95 bits per heavy atom. The molecule has 7 nitrogen and oxygen atoms in total. The minimum atomic E-state index is -0.427. The number of carbonyl (C=O) groups is 1. The highest BCUT2D eigenvalue weighted by molar-refractivity contribution is 5.99. The number of aliphatic hydroxyl groups excluding tert-OH is 1. The van der Waals surface area contributed by atoms with Crippen LogP contribution in [-0.2, 0) is 6.54 Å². The highest BCUT2D eigenvalue weighted by atomic mass is 16.3. The lowest BCUT2D eigenvalue weighted by atomic mass is 10.2. The van der Waals surface area contributed by atoms with Gasteiger partial charge in [0.2, 0.25) is 0 Å². The molecule has 1 aromatic heterocycles. The second-order valence-corrected chi connectivity index (χ2v) is 3.99. The third-order valence-corrected chi connectivity index (χ3v) is 2.47. The smallest absolute Gasteiger partial charge is 0.323 e. The fourth-order valence-corrected chi connectivity index (χ4v) is 1.61. The number of rotatable bonds is 4. The molecule has 0 aliphatic carbocycles. The van der Waals surface area contributed by atoms with Crippen molar-refractivity contribution < 1.29 is 9.90 Å². The van der Waals surface area contributed by atoms with Crippen molar-refractivity contribution in [2.45, 2.75) is 6.54 Å². The summed E-state index contributed by atoms with van der Waals surface area (Å²) in [6.07, 6.45) is 3.10. The topological polar surface area (TPSA) is 103 Å². The van der Waals surface area contributed by atoms with Gasteiger partial charge in [-0.15, -0.1) is 0 Å². The maximum absolute atomic E-state index is 11.8. The Hall–Kier alpha value is -2.85. The number of aliphatic hydroxyl groups is 1. The van der Waals surface area contributed by atoms with Crippen LogP contribution in [0.4, 0.5) is 16.2 Å². The second kappa shape index (κ2) is 6.36. The summed E-state index contributed by atoms with van der Waals surface area (Å²) in [6.45, 7) is 0.349. The third kappa shape index (κ3) is 3.57. The first-order chi connectivity index (χ1) is 9.71. The number of anilines is 2. The summed E-state index contributed by atoms with van der Waals surface area (Å²) >= 11 is 0. The zero-order chi connectivity index (χ0) is 14.4. The fraction of sp³-hybridized carbons (Fsp3) is 0.154. The molecule has 102 valence electrons. The second-order valence-electron chi connectivity index (χ2n) is 3.99. The number of nitriles is 1. The molecule has 0 spiro atoms. The Bertz CT molecular complexity index is 644. The van der Waals surface area contributed by atoms with Crippen LogP contribution in [0.2, 0.25) is 0 Å². The van der Waals surface area contributed by atoms with Crippen molar-refractivity contribution in [2.24, 2.45) is 0 Å². The van der Waals surface area contributed by atoms with Gasteiger partial charge in [0.15, 0.2) is 0 Å². The first-order valence-corrected chi connectivity index (χ1v) is 5.93. The molecule has 0 unspecified atom stereocenters. The first-order valence-electron chi connectivity index (χ1n) is 5.93. The minimum absolute atomic E-state index is 0.0196. The molecule has 0 bridgehead atoms. The summed E-state index contributed by atoms with van der Waals surface area (Å²) in [6, 6.07) is 8.18. The molecular formula is C13H13N5O2. The normalized spacial score (nSPS) is 9.80. The van der Waals surface area contributed by atoms with Gasteiger partial charge in [-0.1, -0.05) is 6.07 Å². The summed E-state index contributed by atoms with van der Waals surface area (Å²) in [5.74, 6) is 0. The van der Waals surface area contributed by atoms with E-state index in [0.717, 1.165) is 0 Å². The Morgan fingerprint density at radius 2 is 2.20 bits per heavy atom. The Labute approximate surface area is 115 Å². The van der Waals surface area contributed by atoms with E-state index >= 15 is 0 Å². The summed E-state index contributed by atoms with van der Waals surface area (Å²) < 4.78 is 1.52. The zero-order valence-electron chi connectivity index (χ0n) is 10.6. The molecule has 0 aliphatic heterocycles. The molecule has 2 rings (SSSR count). The Morgan fingerprint density at radius 1 is 1.40 bits per heavy atom. The largest absolute Gasteiger partial charge is 0.394 e. The number of hydrogen-bond acceptors (Lipinski definition) is 4. The van der Waals surface area contributed by atoms with Gasteiger partial charge in [0.25, 0.3) is 0 Å². The standard InChI is InChI=1S/C13H13N5O2/c14-7-10-2-1-3-11(6-10)16-13(20)17-12-8-15-18(9-12)4-5-19/h1-3,6,8-9,19H,4-5H2,(H2,16,17,20). The van der Waals surface area contributed by atoms with Crippen LogP contribution in [0.3, 0.4) is 0 Å². The Kier molecular flexibility index (Phi) is 4.32. The van der Waals surface area contributed by atoms with E-state index in [0.29, 0.717) is 23.5 Å². The molecule has 1 heterocycles. The number of hydrogen-bond donors (Lipinski definition) is 3. The van der Waals surface area contributed by atoms with Crippen molar-refractivity contribution >= 4 is 17.4 Å². The van der Waals surface area contributed by atoms with Crippen molar-refractivity contribution in [1.82, 2.24) is 9.78 Å². The highest BCUT2D eigenvalue weighted by Gasteiger charge is 2.05. The lowest BCUT2D eigenvalue weighted by Gasteiger charge is -2.05. The fourth-order valence-electron chi connectivity index (χ4n) is 1.61. The van der Waals surface area contributed by atoms with E-state index in [9.17, 15) is 4.79 Å². The molecule has 1 aromatic carbocycles. The first kappa shape index (κ1) is 13.6. The molecule has 0 atom stereocenters. The van der Waals surface area contributed by atoms with Crippen LogP contribution in [0.25, 0.3) is 0 Å². The highest BCUT2D eigenvalue weighted by Crippen LogP contribution is 2.11. The van der Waals surface area contributed by atoms with E-state index in [2.05, 4.69) is 15.7 Å². The molecule has 20 heavy (non-hydrogen) atoms. The van der Waals surface area contributed by atoms with Crippen LogP contribution in [0, 0.1) is 11.3 Å². The number of nitrogens with one attached hydrogen (secondary N) is 2. The van der Waals surface area contributed by atoms with Gasteiger partial charge in [0.1, 0.15) is 0 Å². The van der Waals surface area contributed by atoms with Crippen LogP contribution in [0.15, 0.2) is 36.7 Å². The van der Waals surface area contributed by atoms with Crippen LogP contribution in [0.1, 0.15) is 5.56 Å². The monoisotopic (exact) mass is 271 g/mol. The van der Waals surface area contributed by atoms with E-state index < -0.39 is 6.03 Å². The molecule has 0 aliphatic rings. The van der Waals surface area contributed by atoms with Gasteiger partial charge in [0, 0.05) is 11.9 Å². The Balaban J connectivity index is 1.96. The number of amides is 2. The summed E-state index contributed by atoms with van der Waals surface area (Å²) in [7, 11) is 0. The molecule has 0 saturated carbocycles. The summed E-state index contributed by atoms with van der Waals surface area (Å²) in [4.78, 5) is 11.8. The zero-order valence-corrected chi connectivity index (χ0v) is 10.6. The average molecular weight is 271 g/mol. The summed E-state index contributed by atoms with van der Waals surface area (Å²) in [5.41, 5.74) is 1.52. The van der Waals surface area contributed by atoms with Crippen molar-refractivity contribution in [3.63, 3.8) is 0 Å². The number of benzene rings is 1. The van der Waals surface area contributed by atoms with Crippen LogP contribution < -0.4 is 10.6 Å². The molecule has 2 amide bonds. The SMILES string of the molecule is N#Cc1cccc(NC(=O)Nc2cnn(CCO)c2)c1. The van der Waals surface area contributed by atoms with Crippen molar-refractivity contribution in [1.29, 1.82) is 5.26 Å². The van der Waals surface area contributed by atoms with Crippen LogP contribution in [0.5, 0.6) is 0 Å². The van der Waals surface area contributed by atoms with Crippen molar-refractivity contribution in [2.75, 3.05) is 17.2 Å². The van der Waals surface area contributed by atoms with Crippen LogP contribution in [-0.4, -0.2) is 27.5 Å². The van der Waals surface area contributed by atoms with Gasteiger partial charge in [-0.05, 0) is 18.2 Å². The molecule has 0 saturated heterocycles. The molecule has 2 aromatic rings. The van der Waals surface area contributed by atoms with Crippen LogP contribution >= 0.6 is 0 Å². The number of nitrogens with zero attached hydrogens (tertiary/aromatic N) is 3. The lowest BCUT2D eigenvalue weighted by Crippen LogP contribution is -2.19. The minimum Gasteiger partial charge on any atom is -0.394 e. The van der Waals surface area contributed by atoms with Gasteiger partial charge in [-0.2, -0.15) is 10.4 Å². The quantitative estimate of drug-likeness (QED) is 0.781. The van der Waals surface area contributed by atoms with E-state index in [-0.39, 0.29) is 6.61 Å². The van der Waals surface area contributed by atoms with Gasteiger partial charge >= 0.3 is 6.03 Å². The van der Waals surface area contributed by atoms with E-state index in [1.165, 1.54) is 10.9 Å². The van der Waals surface area contributed by atoms with E-state index in [1.54, 1.807) is 30.5 Å². The number of carbonyl (C=O) groups excluding carboxylic acids is 1. The molecule has 3 N–H and O–H groups in total. The lowest BCUT2D eigenvalue weighted by molar-refractivity contribution is 0.262. The van der Waals surface area contributed by atoms with Crippen molar-refractivity contribution in [3.05, 3.63) is 42.2 Å². The predicted octanol–water partition coefficient (Wildman–Crippen LogP) is 1.39. The van der Waals surface area contributed by atoms with Gasteiger partial charge < -0.3 is 15.7 Å². The van der Waals surface area contributed by atoms with E-state index in [4.69, 9.17) is 10.4 Å². The average Bonchev–Trinajstić information content (AvgIpc) is 2.86. The predicted molar refractivity (Wildman–Crippen MR) is 73.1 cm³/mol. The number of urea groups is 1. The molecule has 0 radical (unpaired) electrons. The molecule has 0 fully saturated rings. The van der Waals surface area contributed by atoms with Gasteiger partial charge in [-0.3, -0.25) is 4.68 Å². The molecule has 7 heteroatoms.